The Morgan fingerprint density at radius 1 is 0.861 bits per heavy atom. The second-order valence-corrected chi connectivity index (χ2v) is 9.05. The van der Waals surface area contributed by atoms with Crippen molar-refractivity contribution in [1.29, 1.82) is 0 Å². The fraction of sp³-hybridized carbons (Fsp3) is 0.333. The highest BCUT2D eigenvalue weighted by Gasteiger charge is 2.26. The number of amides is 1. The van der Waals surface area contributed by atoms with Gasteiger partial charge >= 0.3 is 5.97 Å². The van der Waals surface area contributed by atoms with Crippen molar-refractivity contribution in [1.82, 2.24) is 5.32 Å². The third-order valence-electron chi connectivity index (χ3n) is 6.32. The molecule has 3 aromatic rings. The van der Waals surface area contributed by atoms with Crippen LogP contribution in [-0.2, 0) is 27.4 Å². The lowest BCUT2D eigenvalue weighted by atomic mass is 9.94. The van der Waals surface area contributed by atoms with Crippen LogP contribution >= 0.6 is 0 Å². The first-order valence-corrected chi connectivity index (χ1v) is 12.4. The van der Waals surface area contributed by atoms with E-state index in [1.165, 1.54) is 0 Å². The van der Waals surface area contributed by atoms with Gasteiger partial charge < -0.3 is 20.3 Å². The maximum absolute atomic E-state index is 12.9. The van der Waals surface area contributed by atoms with Gasteiger partial charge in [-0.05, 0) is 48.4 Å². The molecule has 1 amide bonds. The van der Waals surface area contributed by atoms with Gasteiger partial charge in [0.25, 0.3) is 0 Å². The van der Waals surface area contributed by atoms with E-state index >= 15 is 0 Å². The molecule has 0 spiro atoms. The number of hydrogen-bond donors (Lipinski definition) is 3. The number of carboxylic acid groups (broad SMARTS) is 1. The molecule has 6 nitrogen and oxygen atoms in total. The van der Waals surface area contributed by atoms with E-state index in [1.54, 1.807) is 6.92 Å². The summed E-state index contributed by atoms with van der Waals surface area (Å²) in [4.78, 5) is 24.3. The lowest BCUT2D eigenvalue weighted by Crippen LogP contribution is -2.48. The number of rotatable bonds is 14. The van der Waals surface area contributed by atoms with Crippen molar-refractivity contribution < 1.29 is 24.5 Å². The van der Waals surface area contributed by atoms with E-state index in [9.17, 15) is 19.8 Å². The summed E-state index contributed by atoms with van der Waals surface area (Å²) in [5.74, 6) is -2.07. The summed E-state index contributed by atoms with van der Waals surface area (Å²) in [5.41, 5.74) is 4.43. The first-order chi connectivity index (χ1) is 17.5. The Bertz CT molecular complexity index is 1070. The highest BCUT2D eigenvalue weighted by atomic mass is 16.5. The van der Waals surface area contributed by atoms with Crippen molar-refractivity contribution in [2.24, 2.45) is 5.92 Å². The van der Waals surface area contributed by atoms with E-state index < -0.39 is 24.0 Å². The number of nitrogens with one attached hydrogen (secondary N) is 1. The molecule has 0 saturated carbocycles. The van der Waals surface area contributed by atoms with Crippen LogP contribution in [0.4, 0.5) is 0 Å². The first kappa shape index (κ1) is 27.1. The molecule has 3 N–H and O–H groups in total. The van der Waals surface area contributed by atoms with E-state index in [2.05, 4.69) is 41.7 Å². The fourth-order valence-electron chi connectivity index (χ4n) is 4.11. The van der Waals surface area contributed by atoms with Crippen LogP contribution in [0.25, 0.3) is 11.1 Å². The van der Waals surface area contributed by atoms with Crippen molar-refractivity contribution in [3.8, 4) is 11.1 Å². The Labute approximate surface area is 212 Å². The van der Waals surface area contributed by atoms with Crippen molar-refractivity contribution in [2.45, 2.75) is 51.4 Å². The molecule has 0 saturated heterocycles. The Balaban J connectivity index is 1.51. The summed E-state index contributed by atoms with van der Waals surface area (Å²) in [7, 11) is 0. The Morgan fingerprint density at radius 3 is 2.08 bits per heavy atom. The topological polar surface area (TPSA) is 95.9 Å². The van der Waals surface area contributed by atoms with Crippen LogP contribution in [0.3, 0.4) is 0 Å². The summed E-state index contributed by atoms with van der Waals surface area (Å²) in [6.45, 7) is 1.85. The second-order valence-electron chi connectivity index (χ2n) is 9.05. The number of aryl methyl sites for hydroxylation is 1. The summed E-state index contributed by atoms with van der Waals surface area (Å²) in [6, 6.07) is 27.5. The number of carbonyl (C=O) groups excluding carboxylic acids is 1. The number of aliphatic hydroxyl groups is 1. The van der Waals surface area contributed by atoms with E-state index in [4.69, 9.17) is 4.74 Å². The lowest BCUT2D eigenvalue weighted by Gasteiger charge is -2.26. The van der Waals surface area contributed by atoms with Gasteiger partial charge in [0, 0.05) is 5.92 Å². The third-order valence-corrected chi connectivity index (χ3v) is 6.32. The smallest absolute Gasteiger partial charge is 0.304 e. The van der Waals surface area contributed by atoms with Crippen molar-refractivity contribution in [3.05, 3.63) is 96.1 Å². The van der Waals surface area contributed by atoms with Crippen LogP contribution in [0, 0.1) is 5.92 Å². The van der Waals surface area contributed by atoms with Gasteiger partial charge in [-0.15, -0.1) is 0 Å². The zero-order chi connectivity index (χ0) is 25.8. The number of hydrogen-bond acceptors (Lipinski definition) is 4. The molecule has 6 heteroatoms. The molecule has 3 rings (SSSR count). The highest BCUT2D eigenvalue weighted by Crippen LogP contribution is 2.21. The van der Waals surface area contributed by atoms with Gasteiger partial charge in [-0.1, -0.05) is 84.9 Å². The first-order valence-electron chi connectivity index (χ1n) is 12.4. The van der Waals surface area contributed by atoms with E-state index in [1.807, 2.05) is 48.5 Å². The highest BCUT2D eigenvalue weighted by molar-refractivity contribution is 5.83. The van der Waals surface area contributed by atoms with E-state index in [0.717, 1.165) is 28.7 Å². The standard InChI is InChI=1S/C30H35NO5/c1-22(36-21-24-9-4-2-5-10-24)28(20-32)31-30(35)27(19-29(33)34)14-8-11-23-15-17-26(18-16-23)25-12-6-3-7-13-25/h2-7,9-10,12-13,15-18,22,27-28,32H,8,11,14,19-21H2,1H3,(H,31,35)(H,33,34)/t22-,27-,28-/m1/s1. The van der Waals surface area contributed by atoms with Crippen LogP contribution in [0.15, 0.2) is 84.9 Å². The Kier molecular flexibility index (Phi) is 10.7. The predicted octanol–water partition coefficient (Wildman–Crippen LogP) is 4.85. The second kappa shape index (κ2) is 14.2. The summed E-state index contributed by atoms with van der Waals surface area (Å²) in [5, 5.41) is 22.0. The maximum atomic E-state index is 12.9. The fourth-order valence-corrected chi connectivity index (χ4v) is 4.11. The summed E-state index contributed by atoms with van der Waals surface area (Å²) < 4.78 is 5.83. The Hall–Kier alpha value is -3.48. The molecule has 36 heavy (non-hydrogen) atoms. The van der Waals surface area contributed by atoms with Gasteiger partial charge in [-0.3, -0.25) is 9.59 Å². The van der Waals surface area contributed by atoms with Crippen LogP contribution in [0.2, 0.25) is 0 Å². The zero-order valence-corrected chi connectivity index (χ0v) is 20.7. The van der Waals surface area contributed by atoms with Gasteiger partial charge in [0.2, 0.25) is 5.91 Å². The van der Waals surface area contributed by atoms with Crippen LogP contribution in [-0.4, -0.2) is 40.8 Å². The molecule has 0 aromatic heterocycles. The molecule has 190 valence electrons. The molecule has 0 aliphatic carbocycles. The van der Waals surface area contributed by atoms with Gasteiger partial charge in [0.1, 0.15) is 0 Å². The Morgan fingerprint density at radius 2 is 1.47 bits per heavy atom. The van der Waals surface area contributed by atoms with Crippen LogP contribution < -0.4 is 5.32 Å². The molecule has 3 aromatic carbocycles. The number of aliphatic hydroxyl groups excluding tert-OH is 1. The number of benzene rings is 3. The van der Waals surface area contributed by atoms with Crippen LogP contribution in [0.5, 0.6) is 0 Å². The van der Waals surface area contributed by atoms with Gasteiger partial charge in [-0.2, -0.15) is 0 Å². The molecule has 0 radical (unpaired) electrons. The molecular formula is C30H35NO5. The summed E-state index contributed by atoms with van der Waals surface area (Å²) >= 11 is 0. The number of ether oxygens (including phenoxy) is 1. The number of carbonyl (C=O) groups is 2. The van der Waals surface area contributed by atoms with E-state index in [-0.39, 0.29) is 18.9 Å². The minimum absolute atomic E-state index is 0.254. The van der Waals surface area contributed by atoms with Gasteiger partial charge in [0.15, 0.2) is 0 Å². The largest absolute Gasteiger partial charge is 0.481 e. The number of carboxylic acids is 1. The molecule has 0 aliphatic heterocycles. The minimum Gasteiger partial charge on any atom is -0.481 e. The SMILES string of the molecule is C[C@@H](OCc1ccccc1)[C@@H](CO)NC(=O)[C@H](CCCc1ccc(-c2ccccc2)cc1)CC(=O)O. The molecule has 0 unspecified atom stereocenters. The molecular weight excluding hydrogens is 454 g/mol. The normalized spacial score (nSPS) is 13.5. The zero-order valence-electron chi connectivity index (χ0n) is 20.7. The average molecular weight is 490 g/mol. The van der Waals surface area contributed by atoms with Crippen molar-refractivity contribution in [2.75, 3.05) is 6.61 Å². The molecule has 3 atom stereocenters. The predicted molar refractivity (Wildman–Crippen MR) is 140 cm³/mol. The molecule has 0 aliphatic rings. The third kappa shape index (κ3) is 8.63. The summed E-state index contributed by atoms with van der Waals surface area (Å²) in [6.07, 6.45) is 1.18. The molecule has 0 fully saturated rings. The quantitative estimate of drug-likeness (QED) is 0.301. The van der Waals surface area contributed by atoms with Gasteiger partial charge in [-0.25, -0.2) is 0 Å². The van der Waals surface area contributed by atoms with Gasteiger partial charge in [0.05, 0.1) is 31.8 Å². The molecule has 0 heterocycles. The monoisotopic (exact) mass is 489 g/mol. The van der Waals surface area contributed by atoms with E-state index in [0.29, 0.717) is 19.4 Å². The maximum Gasteiger partial charge on any atom is 0.304 e. The lowest BCUT2D eigenvalue weighted by molar-refractivity contribution is -0.141. The molecule has 0 bridgehead atoms. The van der Waals surface area contributed by atoms with Crippen molar-refractivity contribution in [3.63, 3.8) is 0 Å². The minimum atomic E-state index is -1.02. The number of aliphatic carboxylic acids is 1. The van der Waals surface area contributed by atoms with Crippen molar-refractivity contribution >= 4 is 11.9 Å². The average Bonchev–Trinajstić information content (AvgIpc) is 2.91. The van der Waals surface area contributed by atoms with Crippen LogP contribution in [0.1, 0.15) is 37.3 Å².